The van der Waals surface area contributed by atoms with Crippen molar-refractivity contribution in [2.75, 3.05) is 6.54 Å². The number of rotatable bonds is 20. The van der Waals surface area contributed by atoms with E-state index in [4.69, 9.17) is 4.74 Å². The predicted octanol–water partition coefficient (Wildman–Crippen LogP) is 8.43. The van der Waals surface area contributed by atoms with Crippen molar-refractivity contribution >= 4 is 0 Å². The van der Waals surface area contributed by atoms with Crippen molar-refractivity contribution in [2.24, 2.45) is 0 Å². The first-order chi connectivity index (χ1) is 14.3. The number of para-hydroxylation sites is 1. The fraction of sp³-hybridized carbons (Fsp3) is 0.778. The Balaban J connectivity index is 1.91. The van der Waals surface area contributed by atoms with E-state index in [1.807, 2.05) is 0 Å². The number of benzene rings is 1. The molecule has 0 aliphatic rings. The van der Waals surface area contributed by atoms with Gasteiger partial charge < -0.3 is 10.1 Å². The maximum Gasteiger partial charge on any atom is 0.124 e. The molecule has 0 saturated heterocycles. The zero-order chi connectivity index (χ0) is 21.0. The Morgan fingerprint density at radius 2 is 1.24 bits per heavy atom. The summed E-state index contributed by atoms with van der Waals surface area (Å²) in [6, 6.07) is 8.44. The van der Waals surface area contributed by atoms with Crippen molar-refractivity contribution in [3.63, 3.8) is 0 Å². The van der Waals surface area contributed by atoms with E-state index in [-0.39, 0.29) is 6.10 Å². The number of hydrogen-bond acceptors (Lipinski definition) is 2. The van der Waals surface area contributed by atoms with E-state index in [1.54, 1.807) is 0 Å². The Kier molecular flexibility index (Phi) is 17.0. The maximum absolute atomic E-state index is 6.03. The van der Waals surface area contributed by atoms with Crippen molar-refractivity contribution < 1.29 is 4.74 Å². The van der Waals surface area contributed by atoms with E-state index in [0.29, 0.717) is 0 Å². The summed E-state index contributed by atoms with van der Waals surface area (Å²) in [7, 11) is 0. The Hall–Kier alpha value is -1.02. The lowest BCUT2D eigenvalue weighted by Crippen LogP contribution is -2.17. The zero-order valence-corrected chi connectivity index (χ0v) is 19.8. The first kappa shape index (κ1) is 26.0. The van der Waals surface area contributed by atoms with Gasteiger partial charge in [-0.2, -0.15) is 0 Å². The van der Waals surface area contributed by atoms with Crippen molar-refractivity contribution in [1.29, 1.82) is 0 Å². The van der Waals surface area contributed by atoms with Crippen LogP contribution < -0.4 is 10.1 Å². The topological polar surface area (TPSA) is 21.3 Å². The highest BCUT2D eigenvalue weighted by Crippen LogP contribution is 2.20. The number of ether oxygens (including phenoxy) is 1. The highest BCUT2D eigenvalue weighted by Gasteiger charge is 2.06. The van der Waals surface area contributed by atoms with E-state index in [1.165, 1.54) is 95.5 Å². The highest BCUT2D eigenvalue weighted by atomic mass is 16.5. The Bertz CT molecular complexity index is 473. The van der Waals surface area contributed by atoms with Crippen LogP contribution in [-0.2, 0) is 6.54 Å². The minimum Gasteiger partial charge on any atom is -0.490 e. The predicted molar refractivity (Wildman–Crippen MR) is 129 cm³/mol. The molecule has 2 heteroatoms. The number of unbranched alkanes of at least 4 members (excludes halogenated alkanes) is 13. The molecule has 1 atom stereocenters. The van der Waals surface area contributed by atoms with Crippen LogP contribution in [-0.4, -0.2) is 12.6 Å². The first-order valence-electron chi connectivity index (χ1n) is 12.7. The van der Waals surface area contributed by atoms with Crippen LogP contribution in [0, 0.1) is 0 Å². The lowest BCUT2D eigenvalue weighted by atomic mass is 10.0. The van der Waals surface area contributed by atoms with Gasteiger partial charge in [0, 0.05) is 12.1 Å². The average molecular weight is 404 g/mol. The number of nitrogens with one attached hydrogen (secondary N) is 1. The van der Waals surface area contributed by atoms with Crippen LogP contribution >= 0.6 is 0 Å². The molecule has 0 spiro atoms. The lowest BCUT2D eigenvalue weighted by Gasteiger charge is -2.16. The van der Waals surface area contributed by atoms with E-state index in [9.17, 15) is 0 Å². The van der Waals surface area contributed by atoms with Gasteiger partial charge in [0.15, 0.2) is 0 Å². The molecule has 0 aromatic heterocycles. The van der Waals surface area contributed by atoms with E-state index in [0.717, 1.165) is 25.3 Å². The van der Waals surface area contributed by atoms with Crippen molar-refractivity contribution in [3.8, 4) is 5.75 Å². The Morgan fingerprint density at radius 3 is 1.79 bits per heavy atom. The van der Waals surface area contributed by atoms with Gasteiger partial charge in [0.2, 0.25) is 0 Å². The Morgan fingerprint density at radius 1 is 0.724 bits per heavy atom. The summed E-state index contributed by atoms with van der Waals surface area (Å²) in [5, 5.41) is 3.60. The van der Waals surface area contributed by atoms with Crippen molar-refractivity contribution in [2.45, 2.75) is 130 Å². The third-order valence-corrected chi connectivity index (χ3v) is 5.90. The van der Waals surface area contributed by atoms with Crippen LogP contribution in [0.4, 0.5) is 0 Å². The van der Waals surface area contributed by atoms with Crippen molar-refractivity contribution in [1.82, 2.24) is 5.32 Å². The average Bonchev–Trinajstić information content (AvgIpc) is 2.74. The van der Waals surface area contributed by atoms with Crippen LogP contribution in [0.3, 0.4) is 0 Å². The summed E-state index contributed by atoms with van der Waals surface area (Å²) in [5.41, 5.74) is 1.28. The van der Waals surface area contributed by atoms with Gasteiger partial charge in [-0.3, -0.25) is 0 Å². The molecule has 1 aromatic rings. The second kappa shape index (κ2) is 19.0. The summed E-state index contributed by atoms with van der Waals surface area (Å²) >= 11 is 0. The monoisotopic (exact) mass is 403 g/mol. The van der Waals surface area contributed by atoms with Gasteiger partial charge in [0.1, 0.15) is 5.75 Å². The lowest BCUT2D eigenvalue weighted by molar-refractivity contribution is 0.215. The molecule has 0 fully saturated rings. The maximum atomic E-state index is 6.03. The van der Waals surface area contributed by atoms with Crippen LogP contribution in [0.2, 0.25) is 0 Å². The van der Waals surface area contributed by atoms with Crippen LogP contribution in [0.25, 0.3) is 0 Å². The molecule has 0 heterocycles. The fourth-order valence-corrected chi connectivity index (χ4v) is 3.73. The molecule has 0 saturated carbocycles. The Labute approximate surface area is 182 Å². The van der Waals surface area contributed by atoms with Gasteiger partial charge in [0.25, 0.3) is 0 Å². The molecule has 29 heavy (non-hydrogen) atoms. The zero-order valence-electron chi connectivity index (χ0n) is 19.8. The largest absolute Gasteiger partial charge is 0.490 e. The molecule has 1 aromatic carbocycles. The van der Waals surface area contributed by atoms with Crippen LogP contribution in [0.15, 0.2) is 24.3 Å². The van der Waals surface area contributed by atoms with Crippen molar-refractivity contribution in [3.05, 3.63) is 29.8 Å². The minimum atomic E-state index is 0.280. The summed E-state index contributed by atoms with van der Waals surface area (Å²) < 4.78 is 6.03. The fourth-order valence-electron chi connectivity index (χ4n) is 3.73. The third kappa shape index (κ3) is 14.6. The van der Waals surface area contributed by atoms with Gasteiger partial charge in [-0.1, -0.05) is 116 Å². The molecular weight excluding hydrogens is 354 g/mol. The standard InChI is InChI=1S/C27H49NO/c1-4-6-7-8-9-10-11-12-13-14-15-16-17-20-23-28-24-26-21-18-19-22-27(26)29-25(3)5-2/h18-19,21-22,25,28H,4-17,20,23-24H2,1-3H3. The van der Waals surface area contributed by atoms with Gasteiger partial charge in [-0.15, -0.1) is 0 Å². The second-order valence-electron chi connectivity index (χ2n) is 8.72. The molecule has 0 bridgehead atoms. The molecular formula is C27H49NO. The van der Waals surface area contributed by atoms with E-state index >= 15 is 0 Å². The molecule has 1 unspecified atom stereocenters. The van der Waals surface area contributed by atoms with Gasteiger partial charge in [-0.05, 0) is 32.4 Å². The molecule has 1 rings (SSSR count). The molecule has 0 aliphatic carbocycles. The van der Waals surface area contributed by atoms with Crippen LogP contribution in [0.1, 0.15) is 123 Å². The summed E-state index contributed by atoms with van der Waals surface area (Å²) in [5.74, 6) is 1.04. The molecule has 1 N–H and O–H groups in total. The van der Waals surface area contributed by atoms with Crippen LogP contribution in [0.5, 0.6) is 5.75 Å². The molecule has 0 aliphatic heterocycles. The highest BCUT2D eigenvalue weighted by molar-refractivity contribution is 5.33. The SMILES string of the molecule is CCCCCCCCCCCCCCCCNCc1ccccc1OC(C)CC. The normalized spacial score (nSPS) is 12.2. The van der Waals surface area contributed by atoms with Gasteiger partial charge in [0.05, 0.1) is 6.10 Å². The first-order valence-corrected chi connectivity index (χ1v) is 12.7. The summed E-state index contributed by atoms with van der Waals surface area (Å²) in [6.45, 7) is 8.61. The minimum absolute atomic E-state index is 0.280. The molecule has 0 radical (unpaired) electrons. The molecule has 2 nitrogen and oxygen atoms in total. The van der Waals surface area contributed by atoms with Gasteiger partial charge in [-0.25, -0.2) is 0 Å². The molecule has 0 amide bonds. The molecule has 168 valence electrons. The number of hydrogen-bond donors (Lipinski definition) is 1. The summed E-state index contributed by atoms with van der Waals surface area (Å²) in [6.07, 6.45) is 21.2. The van der Waals surface area contributed by atoms with Gasteiger partial charge >= 0.3 is 0 Å². The smallest absolute Gasteiger partial charge is 0.124 e. The summed E-state index contributed by atoms with van der Waals surface area (Å²) in [4.78, 5) is 0. The third-order valence-electron chi connectivity index (χ3n) is 5.90. The van der Waals surface area contributed by atoms with E-state index < -0.39 is 0 Å². The van der Waals surface area contributed by atoms with E-state index in [2.05, 4.69) is 50.4 Å². The second-order valence-corrected chi connectivity index (χ2v) is 8.72. The quantitative estimate of drug-likeness (QED) is 0.220.